The number of amides is 2. The Morgan fingerprint density at radius 2 is 1.63 bits per heavy atom. The van der Waals surface area contributed by atoms with Crippen molar-refractivity contribution in [3.63, 3.8) is 0 Å². The summed E-state index contributed by atoms with van der Waals surface area (Å²) in [6.45, 7) is -0.578. The zero-order valence-corrected chi connectivity index (χ0v) is 19.6. The molecule has 3 aromatic rings. The molecular weight excluding hydrogens is 499 g/mol. The molecule has 0 heterocycles. The van der Waals surface area contributed by atoms with E-state index in [9.17, 15) is 19.5 Å². The zero-order valence-electron chi connectivity index (χ0n) is 18.1. The molecule has 3 rings (SSSR count). The number of hydrogen-bond donors (Lipinski definition) is 4. The van der Waals surface area contributed by atoms with Gasteiger partial charge in [0.05, 0.1) is 22.2 Å². The molecule has 0 saturated carbocycles. The quantitative estimate of drug-likeness (QED) is 0.309. The fourth-order valence-electron chi connectivity index (χ4n) is 2.91. The lowest BCUT2D eigenvalue weighted by Crippen LogP contribution is -2.30. The van der Waals surface area contributed by atoms with E-state index in [1.807, 2.05) is 6.07 Å². The Kier molecular flexibility index (Phi) is 8.77. The van der Waals surface area contributed by atoms with Gasteiger partial charge in [0.25, 0.3) is 5.91 Å². The first-order chi connectivity index (χ1) is 16.7. The topological polar surface area (TPSA) is 134 Å². The third-order valence-corrected chi connectivity index (χ3v) is 5.09. The van der Waals surface area contributed by atoms with Crippen molar-refractivity contribution in [2.75, 3.05) is 18.5 Å². The predicted molar refractivity (Wildman–Crippen MR) is 130 cm³/mol. The molecule has 2 amide bonds. The van der Waals surface area contributed by atoms with Crippen LogP contribution in [0, 0.1) is 0 Å². The number of alkyl carbamates (subject to hydrolysis) is 1. The molecule has 182 valence electrons. The summed E-state index contributed by atoms with van der Waals surface area (Å²) in [5.74, 6) is -1.59. The molecule has 0 atom stereocenters. The molecule has 0 spiro atoms. The molecule has 11 heteroatoms. The number of para-hydroxylation sites is 1. The van der Waals surface area contributed by atoms with Crippen LogP contribution in [0.2, 0.25) is 10.0 Å². The maximum atomic E-state index is 12.6. The number of rotatable bonds is 9. The van der Waals surface area contributed by atoms with E-state index in [0.29, 0.717) is 11.3 Å². The predicted octanol–water partition coefficient (Wildman–Crippen LogP) is 5.10. The van der Waals surface area contributed by atoms with Gasteiger partial charge in [-0.05, 0) is 48.0 Å². The molecule has 35 heavy (non-hydrogen) atoms. The van der Waals surface area contributed by atoms with Gasteiger partial charge in [-0.2, -0.15) is 0 Å². The van der Waals surface area contributed by atoms with Crippen molar-refractivity contribution in [3.8, 4) is 17.2 Å². The molecule has 0 fully saturated rings. The van der Waals surface area contributed by atoms with Crippen LogP contribution in [-0.4, -0.2) is 41.3 Å². The lowest BCUT2D eigenvalue weighted by molar-refractivity contribution is -0.135. The number of anilines is 1. The van der Waals surface area contributed by atoms with Crippen LogP contribution in [0.3, 0.4) is 0 Å². The smallest absolute Gasteiger partial charge is 0.407 e. The summed E-state index contributed by atoms with van der Waals surface area (Å²) in [6.07, 6.45) is -0.590. The minimum Gasteiger partial charge on any atom is -0.507 e. The number of carboxylic acid groups (broad SMARTS) is 1. The Hall–Kier alpha value is -3.95. The van der Waals surface area contributed by atoms with Crippen molar-refractivity contribution in [3.05, 3.63) is 81.8 Å². The molecule has 0 aliphatic rings. The van der Waals surface area contributed by atoms with Crippen LogP contribution in [0.1, 0.15) is 15.9 Å². The van der Waals surface area contributed by atoms with Crippen molar-refractivity contribution >= 4 is 46.9 Å². The van der Waals surface area contributed by atoms with Crippen LogP contribution in [0.5, 0.6) is 17.2 Å². The highest BCUT2D eigenvalue weighted by Gasteiger charge is 2.16. The van der Waals surface area contributed by atoms with E-state index in [1.165, 1.54) is 18.2 Å². The van der Waals surface area contributed by atoms with Gasteiger partial charge < -0.3 is 30.3 Å². The van der Waals surface area contributed by atoms with Gasteiger partial charge in [-0.3, -0.25) is 9.59 Å². The van der Waals surface area contributed by atoms with Gasteiger partial charge >= 0.3 is 12.1 Å². The Bertz CT molecular complexity index is 1210. The number of aliphatic carboxylic acids is 1. The molecule has 0 aromatic heterocycles. The van der Waals surface area contributed by atoms with Crippen molar-refractivity contribution in [1.82, 2.24) is 5.32 Å². The van der Waals surface area contributed by atoms with E-state index < -0.39 is 24.5 Å². The van der Waals surface area contributed by atoms with Crippen molar-refractivity contribution in [1.29, 1.82) is 0 Å². The van der Waals surface area contributed by atoms with Crippen LogP contribution >= 0.6 is 23.2 Å². The Balaban J connectivity index is 1.66. The summed E-state index contributed by atoms with van der Waals surface area (Å²) in [6, 6.07) is 16.1. The van der Waals surface area contributed by atoms with E-state index >= 15 is 0 Å². The van der Waals surface area contributed by atoms with Gasteiger partial charge in [-0.25, -0.2) is 4.79 Å². The van der Waals surface area contributed by atoms with Crippen LogP contribution in [0.15, 0.2) is 60.7 Å². The van der Waals surface area contributed by atoms with E-state index in [1.54, 1.807) is 36.4 Å². The highest BCUT2D eigenvalue weighted by atomic mass is 35.5. The first-order valence-corrected chi connectivity index (χ1v) is 11.0. The van der Waals surface area contributed by atoms with Crippen molar-refractivity contribution < 1.29 is 34.1 Å². The lowest BCUT2D eigenvalue weighted by atomic mass is 10.1. The molecule has 0 aliphatic carbocycles. The molecule has 0 saturated heterocycles. The number of nitrogens with one attached hydrogen (secondary N) is 2. The van der Waals surface area contributed by atoms with E-state index in [-0.39, 0.29) is 45.9 Å². The standard InChI is InChI=1S/C24H20Cl2N2O7/c25-18-10-14(8-9-34-24(33)27-13-21(30)31)11-19(26)22(18)35-16-6-7-20(29)17(12-16)23(32)28-15-4-2-1-3-5-15/h1-7,10-12,29H,8-9,13H2,(H,27,33)(H,28,32)(H,30,31). The van der Waals surface area contributed by atoms with Gasteiger partial charge in [0, 0.05) is 12.1 Å². The van der Waals surface area contributed by atoms with Gasteiger partial charge in [-0.1, -0.05) is 41.4 Å². The van der Waals surface area contributed by atoms with Crippen LogP contribution in [-0.2, 0) is 16.0 Å². The van der Waals surface area contributed by atoms with Gasteiger partial charge in [0.2, 0.25) is 0 Å². The van der Waals surface area contributed by atoms with E-state index in [4.69, 9.17) is 37.8 Å². The Morgan fingerprint density at radius 1 is 0.943 bits per heavy atom. The number of phenolic OH excluding ortho intramolecular Hbond substituents is 1. The van der Waals surface area contributed by atoms with Crippen molar-refractivity contribution in [2.24, 2.45) is 0 Å². The highest BCUT2D eigenvalue weighted by Crippen LogP contribution is 2.38. The van der Waals surface area contributed by atoms with Gasteiger partial charge in [0.1, 0.15) is 18.0 Å². The summed E-state index contributed by atoms with van der Waals surface area (Å²) in [5, 5.41) is 23.8. The third kappa shape index (κ3) is 7.53. The van der Waals surface area contributed by atoms with E-state index in [2.05, 4.69) is 10.6 Å². The number of phenols is 1. The molecular formula is C24H20Cl2N2O7. The van der Waals surface area contributed by atoms with Crippen LogP contribution in [0.25, 0.3) is 0 Å². The minimum atomic E-state index is -1.19. The number of carbonyl (C=O) groups excluding carboxylic acids is 2. The second-order valence-corrected chi connectivity index (χ2v) is 7.94. The molecule has 9 nitrogen and oxygen atoms in total. The average Bonchev–Trinajstić information content (AvgIpc) is 2.81. The second-order valence-electron chi connectivity index (χ2n) is 7.12. The Morgan fingerprint density at radius 3 is 2.29 bits per heavy atom. The summed E-state index contributed by atoms with van der Waals surface area (Å²) in [4.78, 5) is 34.4. The number of hydrogen-bond acceptors (Lipinski definition) is 6. The highest BCUT2D eigenvalue weighted by molar-refractivity contribution is 6.37. The molecule has 0 unspecified atom stereocenters. The first kappa shape index (κ1) is 25.7. The Labute approximate surface area is 210 Å². The number of halogens is 2. The second kappa shape index (κ2) is 12.0. The largest absolute Gasteiger partial charge is 0.507 e. The average molecular weight is 519 g/mol. The maximum absolute atomic E-state index is 12.6. The summed E-state index contributed by atoms with van der Waals surface area (Å²) in [5.41, 5.74) is 1.20. The molecule has 0 aliphatic heterocycles. The van der Waals surface area contributed by atoms with Gasteiger partial charge in [0.15, 0.2) is 5.75 Å². The fourth-order valence-corrected chi connectivity index (χ4v) is 3.52. The fraction of sp³-hybridized carbons (Fsp3) is 0.125. The van der Waals surface area contributed by atoms with E-state index in [0.717, 1.165) is 0 Å². The molecule has 4 N–H and O–H groups in total. The summed E-state index contributed by atoms with van der Waals surface area (Å²) < 4.78 is 10.7. The number of aromatic hydroxyl groups is 1. The van der Waals surface area contributed by atoms with Crippen LogP contribution < -0.4 is 15.4 Å². The normalized spacial score (nSPS) is 10.3. The molecule has 0 bridgehead atoms. The number of carboxylic acids is 1. The number of ether oxygens (including phenoxy) is 2. The van der Waals surface area contributed by atoms with Crippen molar-refractivity contribution in [2.45, 2.75) is 6.42 Å². The molecule has 0 radical (unpaired) electrons. The molecule has 3 aromatic carbocycles. The first-order valence-electron chi connectivity index (χ1n) is 10.2. The monoisotopic (exact) mass is 518 g/mol. The zero-order chi connectivity index (χ0) is 25.4. The number of carbonyl (C=O) groups is 3. The van der Waals surface area contributed by atoms with Gasteiger partial charge in [-0.15, -0.1) is 0 Å². The minimum absolute atomic E-state index is 0.00598. The summed E-state index contributed by atoms with van der Waals surface area (Å²) in [7, 11) is 0. The lowest BCUT2D eigenvalue weighted by Gasteiger charge is -2.13. The third-order valence-electron chi connectivity index (χ3n) is 4.53. The number of benzene rings is 3. The SMILES string of the molecule is O=C(O)CNC(=O)OCCc1cc(Cl)c(Oc2ccc(O)c(C(=O)Nc3ccccc3)c2)c(Cl)c1. The summed E-state index contributed by atoms with van der Waals surface area (Å²) >= 11 is 12.7. The van der Waals surface area contributed by atoms with Crippen LogP contribution in [0.4, 0.5) is 10.5 Å². The maximum Gasteiger partial charge on any atom is 0.407 e.